The summed E-state index contributed by atoms with van der Waals surface area (Å²) in [6.45, 7) is 1.87. The lowest BCUT2D eigenvalue weighted by Gasteiger charge is -2.59. The van der Waals surface area contributed by atoms with E-state index >= 15 is 0 Å². The third-order valence-corrected chi connectivity index (χ3v) is 8.08. The van der Waals surface area contributed by atoms with Gasteiger partial charge in [0.2, 0.25) is 5.91 Å². The minimum Gasteiger partial charge on any atom is -0.370 e. The molecule has 4 saturated carbocycles. The first kappa shape index (κ1) is 17.0. The van der Waals surface area contributed by atoms with Gasteiger partial charge in [0.1, 0.15) is 11.5 Å². The number of rotatable bonds is 3. The zero-order valence-corrected chi connectivity index (χ0v) is 16.7. The minimum absolute atomic E-state index is 0.0426. The standard InChI is InChI=1S/C21H26BrFN2O/c22-21-11-14-8-15(12-21)10-20(9-14,13-21)19(26)24-18-16(23)4-3-5-17(18)25-6-1-2-7-25/h3-5,14-15H,1-2,6-13H2,(H,24,26). The molecule has 4 bridgehead atoms. The van der Waals surface area contributed by atoms with Gasteiger partial charge in [-0.2, -0.15) is 0 Å². The van der Waals surface area contributed by atoms with E-state index in [4.69, 9.17) is 0 Å². The molecule has 5 heteroatoms. The zero-order chi connectivity index (χ0) is 17.9. The number of nitrogens with zero attached hydrogens (tertiary/aromatic N) is 1. The van der Waals surface area contributed by atoms with Crippen molar-refractivity contribution in [3.8, 4) is 0 Å². The van der Waals surface area contributed by atoms with E-state index in [1.54, 1.807) is 6.07 Å². The number of halogens is 2. The fourth-order valence-electron chi connectivity index (χ4n) is 6.52. The van der Waals surface area contributed by atoms with Gasteiger partial charge in [-0.25, -0.2) is 4.39 Å². The smallest absolute Gasteiger partial charge is 0.230 e. The van der Waals surface area contributed by atoms with E-state index in [2.05, 4.69) is 26.1 Å². The number of amides is 1. The summed E-state index contributed by atoms with van der Waals surface area (Å²) in [5.41, 5.74) is 0.908. The van der Waals surface area contributed by atoms with Crippen LogP contribution in [0.4, 0.5) is 15.8 Å². The first-order chi connectivity index (χ1) is 12.5. The molecule has 1 aliphatic heterocycles. The third kappa shape index (κ3) is 2.69. The molecular formula is C21H26BrFN2O. The Labute approximate surface area is 162 Å². The molecule has 5 aliphatic rings. The SMILES string of the molecule is O=C(Nc1c(F)cccc1N1CCCC1)C12CC3CC(CC(Br)(C3)C1)C2. The number of anilines is 2. The molecule has 6 rings (SSSR count). The molecule has 1 saturated heterocycles. The van der Waals surface area contributed by atoms with Crippen molar-refractivity contribution < 1.29 is 9.18 Å². The van der Waals surface area contributed by atoms with Crippen LogP contribution in [0.2, 0.25) is 0 Å². The van der Waals surface area contributed by atoms with Crippen LogP contribution in [0.25, 0.3) is 0 Å². The molecular weight excluding hydrogens is 395 g/mol. The number of para-hydroxylation sites is 1. The second kappa shape index (κ2) is 5.95. The van der Waals surface area contributed by atoms with E-state index in [-0.39, 0.29) is 21.5 Å². The Hall–Kier alpha value is -1.10. The highest BCUT2D eigenvalue weighted by atomic mass is 79.9. The first-order valence-electron chi connectivity index (χ1n) is 10.0. The van der Waals surface area contributed by atoms with Crippen molar-refractivity contribution in [2.45, 2.75) is 55.7 Å². The van der Waals surface area contributed by atoms with Crippen LogP contribution in [0.1, 0.15) is 51.4 Å². The molecule has 140 valence electrons. The summed E-state index contributed by atoms with van der Waals surface area (Å²) in [5, 5.41) is 3.05. The van der Waals surface area contributed by atoms with E-state index in [0.717, 1.165) is 50.9 Å². The largest absolute Gasteiger partial charge is 0.370 e. The predicted octanol–water partition coefficient (Wildman–Crippen LogP) is 5.10. The van der Waals surface area contributed by atoms with Crippen LogP contribution in [-0.2, 0) is 4.79 Å². The van der Waals surface area contributed by atoms with E-state index in [9.17, 15) is 9.18 Å². The zero-order valence-electron chi connectivity index (χ0n) is 15.1. The summed E-state index contributed by atoms with van der Waals surface area (Å²) in [5.74, 6) is 1.00. The van der Waals surface area contributed by atoms with Gasteiger partial charge < -0.3 is 10.2 Å². The van der Waals surface area contributed by atoms with Crippen LogP contribution < -0.4 is 10.2 Å². The number of benzene rings is 1. The van der Waals surface area contributed by atoms with Crippen LogP contribution >= 0.6 is 15.9 Å². The maximum atomic E-state index is 14.7. The predicted molar refractivity (Wildman–Crippen MR) is 105 cm³/mol. The maximum Gasteiger partial charge on any atom is 0.230 e. The van der Waals surface area contributed by atoms with Crippen LogP contribution in [0.15, 0.2) is 18.2 Å². The fourth-order valence-corrected chi connectivity index (χ4v) is 7.97. The van der Waals surface area contributed by atoms with Crippen molar-refractivity contribution in [3.63, 3.8) is 0 Å². The normalized spacial score (nSPS) is 38.0. The molecule has 0 spiro atoms. The number of carbonyl (C=O) groups is 1. The van der Waals surface area contributed by atoms with Gasteiger partial charge in [-0.05, 0) is 75.3 Å². The Morgan fingerprint density at radius 3 is 2.50 bits per heavy atom. The van der Waals surface area contributed by atoms with Gasteiger partial charge in [0.05, 0.1) is 11.1 Å². The molecule has 2 unspecified atom stereocenters. The third-order valence-electron chi connectivity index (χ3n) is 7.15. The fraction of sp³-hybridized carbons (Fsp3) is 0.667. The van der Waals surface area contributed by atoms with Crippen molar-refractivity contribution in [1.29, 1.82) is 0 Å². The second-order valence-electron chi connectivity index (χ2n) is 9.17. The van der Waals surface area contributed by atoms with Gasteiger partial charge in [0.25, 0.3) is 0 Å². The summed E-state index contributed by atoms with van der Waals surface area (Å²) < 4.78 is 14.8. The highest BCUT2D eigenvalue weighted by Crippen LogP contribution is 2.64. The van der Waals surface area contributed by atoms with Crippen LogP contribution in [0, 0.1) is 23.1 Å². The average Bonchev–Trinajstić information content (AvgIpc) is 3.08. The monoisotopic (exact) mass is 420 g/mol. The average molecular weight is 421 g/mol. The van der Waals surface area contributed by atoms with Crippen molar-refractivity contribution in [1.82, 2.24) is 0 Å². The summed E-state index contributed by atoms with van der Waals surface area (Å²) >= 11 is 3.97. The summed E-state index contributed by atoms with van der Waals surface area (Å²) in [4.78, 5) is 15.6. The van der Waals surface area contributed by atoms with E-state index in [0.29, 0.717) is 17.5 Å². The van der Waals surface area contributed by atoms with Gasteiger partial charge in [0, 0.05) is 17.4 Å². The lowest BCUT2D eigenvalue weighted by atomic mass is 9.49. The number of hydrogen-bond acceptors (Lipinski definition) is 2. The van der Waals surface area contributed by atoms with Gasteiger partial charge in [0.15, 0.2) is 0 Å². The van der Waals surface area contributed by atoms with E-state index < -0.39 is 0 Å². The lowest BCUT2D eigenvalue weighted by Crippen LogP contribution is -2.57. The first-order valence-corrected chi connectivity index (χ1v) is 10.8. The summed E-state index contributed by atoms with van der Waals surface area (Å²) in [6.07, 6.45) is 8.74. The van der Waals surface area contributed by atoms with Crippen molar-refractivity contribution in [2.24, 2.45) is 17.3 Å². The van der Waals surface area contributed by atoms with Crippen molar-refractivity contribution in [3.05, 3.63) is 24.0 Å². The summed E-state index contributed by atoms with van der Waals surface area (Å²) in [6, 6.07) is 5.15. The Kier molecular flexibility index (Phi) is 3.90. The highest BCUT2D eigenvalue weighted by Gasteiger charge is 2.59. The number of hydrogen-bond donors (Lipinski definition) is 1. The Balaban J connectivity index is 1.44. The molecule has 1 amide bonds. The second-order valence-corrected chi connectivity index (χ2v) is 10.9. The molecule has 1 aromatic carbocycles. The van der Waals surface area contributed by atoms with Gasteiger partial charge in [-0.3, -0.25) is 4.79 Å². The Morgan fingerprint density at radius 1 is 1.15 bits per heavy atom. The molecule has 1 N–H and O–H groups in total. The van der Waals surface area contributed by atoms with Gasteiger partial charge in [-0.1, -0.05) is 22.0 Å². The van der Waals surface area contributed by atoms with Crippen LogP contribution in [0.3, 0.4) is 0 Å². The molecule has 3 nitrogen and oxygen atoms in total. The van der Waals surface area contributed by atoms with Crippen LogP contribution in [-0.4, -0.2) is 23.3 Å². The molecule has 1 heterocycles. The minimum atomic E-state index is -0.321. The molecule has 1 aromatic rings. The summed E-state index contributed by atoms with van der Waals surface area (Å²) in [7, 11) is 0. The van der Waals surface area contributed by atoms with Crippen LogP contribution in [0.5, 0.6) is 0 Å². The topological polar surface area (TPSA) is 32.3 Å². The van der Waals surface area contributed by atoms with E-state index in [1.165, 1.54) is 25.3 Å². The number of alkyl halides is 1. The Morgan fingerprint density at radius 2 is 1.85 bits per heavy atom. The highest BCUT2D eigenvalue weighted by molar-refractivity contribution is 9.10. The molecule has 5 fully saturated rings. The quantitative estimate of drug-likeness (QED) is 0.689. The number of nitrogens with one attached hydrogen (secondary N) is 1. The van der Waals surface area contributed by atoms with Gasteiger partial charge >= 0.3 is 0 Å². The molecule has 4 aliphatic carbocycles. The molecule has 2 atom stereocenters. The van der Waals surface area contributed by atoms with Gasteiger partial charge in [-0.15, -0.1) is 0 Å². The Bertz CT molecular complexity index is 732. The lowest BCUT2D eigenvalue weighted by molar-refractivity contribution is -0.138. The molecule has 0 aromatic heterocycles. The molecule has 26 heavy (non-hydrogen) atoms. The maximum absolute atomic E-state index is 14.7. The van der Waals surface area contributed by atoms with Crippen molar-refractivity contribution in [2.75, 3.05) is 23.3 Å². The number of carbonyl (C=O) groups excluding carboxylic acids is 1. The molecule has 0 radical (unpaired) electrons. The van der Waals surface area contributed by atoms with Crippen molar-refractivity contribution >= 4 is 33.2 Å². The van der Waals surface area contributed by atoms with E-state index in [1.807, 2.05) is 6.07 Å².